The largest absolute Gasteiger partial charge is 0.299 e. The molecule has 1 radical (unpaired) electrons. The van der Waals surface area contributed by atoms with E-state index in [-0.39, 0.29) is 0 Å². The Labute approximate surface area is 63.7 Å². The molecule has 1 aliphatic heterocycles. The molecule has 1 nitrogen and oxygen atoms in total. The van der Waals surface area contributed by atoms with Crippen molar-refractivity contribution in [1.29, 1.82) is 0 Å². The van der Waals surface area contributed by atoms with E-state index in [0.717, 1.165) is 6.54 Å². The van der Waals surface area contributed by atoms with Crippen molar-refractivity contribution >= 4 is 0 Å². The number of piperidine rings is 1. The summed E-state index contributed by atoms with van der Waals surface area (Å²) in [5.41, 5.74) is 0. The zero-order valence-electron chi connectivity index (χ0n) is 6.71. The van der Waals surface area contributed by atoms with Crippen molar-refractivity contribution in [2.75, 3.05) is 19.6 Å². The second kappa shape index (κ2) is 4.51. The van der Waals surface area contributed by atoms with E-state index in [4.69, 9.17) is 0 Å². The third-order valence-electron chi connectivity index (χ3n) is 1.87. The lowest BCUT2D eigenvalue weighted by molar-refractivity contribution is 0.289. The molecule has 10 heavy (non-hydrogen) atoms. The molecule has 0 aliphatic carbocycles. The van der Waals surface area contributed by atoms with E-state index >= 15 is 0 Å². The number of hydrogen-bond acceptors (Lipinski definition) is 1. The van der Waals surface area contributed by atoms with Gasteiger partial charge in [-0.1, -0.05) is 12.2 Å². The first-order chi connectivity index (χ1) is 4.93. The van der Waals surface area contributed by atoms with Crippen LogP contribution in [0.25, 0.3) is 0 Å². The topological polar surface area (TPSA) is 3.24 Å². The van der Waals surface area contributed by atoms with Crippen LogP contribution < -0.4 is 0 Å². The van der Waals surface area contributed by atoms with Gasteiger partial charge in [0.2, 0.25) is 0 Å². The zero-order valence-corrected chi connectivity index (χ0v) is 6.71. The van der Waals surface area contributed by atoms with Gasteiger partial charge in [-0.05, 0) is 32.7 Å². The van der Waals surface area contributed by atoms with Crippen LogP contribution in [0.5, 0.6) is 0 Å². The first-order valence-corrected chi connectivity index (χ1v) is 4.08. The third-order valence-corrected chi connectivity index (χ3v) is 1.87. The van der Waals surface area contributed by atoms with Crippen LogP contribution in [0.1, 0.15) is 19.8 Å². The third kappa shape index (κ3) is 2.53. The molecule has 1 rings (SSSR count). The summed E-state index contributed by atoms with van der Waals surface area (Å²) in [5, 5.41) is 0. The highest BCUT2D eigenvalue weighted by atomic mass is 15.1. The highest BCUT2D eigenvalue weighted by Crippen LogP contribution is 2.06. The van der Waals surface area contributed by atoms with Crippen LogP contribution in [0.2, 0.25) is 0 Å². The van der Waals surface area contributed by atoms with E-state index in [1.165, 1.54) is 25.9 Å². The Morgan fingerprint density at radius 3 is 3.10 bits per heavy atom. The van der Waals surface area contributed by atoms with Crippen molar-refractivity contribution in [2.45, 2.75) is 19.8 Å². The van der Waals surface area contributed by atoms with Crippen LogP contribution in [-0.4, -0.2) is 24.5 Å². The monoisotopic (exact) mass is 138 g/mol. The molecule has 0 spiro atoms. The maximum absolute atomic E-state index is 2.46. The minimum absolute atomic E-state index is 1.13. The molecule has 1 heterocycles. The van der Waals surface area contributed by atoms with E-state index in [0.29, 0.717) is 0 Å². The van der Waals surface area contributed by atoms with Gasteiger partial charge in [-0.3, -0.25) is 4.90 Å². The first-order valence-electron chi connectivity index (χ1n) is 4.08. The fraction of sp³-hybridized carbons (Fsp3) is 0.667. The average molecular weight is 138 g/mol. The Morgan fingerprint density at radius 2 is 2.50 bits per heavy atom. The van der Waals surface area contributed by atoms with Crippen LogP contribution in [0.15, 0.2) is 12.2 Å². The van der Waals surface area contributed by atoms with Crippen molar-refractivity contribution in [3.8, 4) is 0 Å². The predicted octanol–water partition coefficient (Wildman–Crippen LogP) is 1.86. The fourth-order valence-electron chi connectivity index (χ4n) is 1.24. The van der Waals surface area contributed by atoms with Crippen molar-refractivity contribution in [3.05, 3.63) is 18.6 Å². The molecular weight excluding hydrogens is 122 g/mol. The van der Waals surface area contributed by atoms with E-state index < -0.39 is 0 Å². The van der Waals surface area contributed by atoms with Crippen molar-refractivity contribution in [3.63, 3.8) is 0 Å². The Morgan fingerprint density at radius 1 is 1.60 bits per heavy atom. The van der Waals surface area contributed by atoms with Crippen LogP contribution in [0, 0.1) is 6.42 Å². The molecule has 0 amide bonds. The van der Waals surface area contributed by atoms with Crippen LogP contribution in [0.4, 0.5) is 0 Å². The summed E-state index contributed by atoms with van der Waals surface area (Å²) in [6.07, 6.45) is 9.37. The summed E-state index contributed by atoms with van der Waals surface area (Å²) in [6.45, 7) is 5.67. The quantitative estimate of drug-likeness (QED) is 0.526. The summed E-state index contributed by atoms with van der Waals surface area (Å²) in [7, 11) is 0. The number of rotatable bonds is 2. The van der Waals surface area contributed by atoms with Gasteiger partial charge in [0, 0.05) is 13.1 Å². The van der Waals surface area contributed by atoms with E-state index in [2.05, 4.69) is 30.4 Å². The van der Waals surface area contributed by atoms with Crippen molar-refractivity contribution in [1.82, 2.24) is 4.90 Å². The molecule has 0 atom stereocenters. The molecule has 0 aromatic rings. The lowest BCUT2D eigenvalue weighted by Crippen LogP contribution is -2.29. The molecule has 0 N–H and O–H groups in total. The SMILES string of the molecule is CC=CCN1C[CH]CCC1. The van der Waals surface area contributed by atoms with E-state index in [1.807, 2.05) is 0 Å². The second-order valence-electron chi connectivity index (χ2n) is 2.76. The van der Waals surface area contributed by atoms with Gasteiger partial charge < -0.3 is 0 Å². The Bertz CT molecular complexity index is 101. The number of nitrogens with zero attached hydrogens (tertiary/aromatic N) is 1. The molecule has 1 aliphatic rings. The maximum atomic E-state index is 2.46. The zero-order chi connectivity index (χ0) is 7.23. The van der Waals surface area contributed by atoms with Gasteiger partial charge >= 0.3 is 0 Å². The van der Waals surface area contributed by atoms with E-state index in [9.17, 15) is 0 Å². The lowest BCUT2D eigenvalue weighted by Gasteiger charge is -2.24. The molecular formula is C9H16N. The van der Waals surface area contributed by atoms with Gasteiger partial charge in [0.05, 0.1) is 0 Å². The average Bonchev–Trinajstić information content (AvgIpc) is 2.03. The standard InChI is InChI=1S/C9H16N/c1-2-3-7-10-8-5-4-6-9-10/h2-3,5H,4,6-9H2,1H3. The predicted molar refractivity (Wildman–Crippen MR) is 44.8 cm³/mol. The Balaban J connectivity index is 2.13. The maximum Gasteiger partial charge on any atom is 0.0163 e. The van der Waals surface area contributed by atoms with Crippen LogP contribution in [-0.2, 0) is 0 Å². The highest BCUT2D eigenvalue weighted by Gasteiger charge is 2.06. The normalized spacial score (nSPS) is 22.1. The van der Waals surface area contributed by atoms with Crippen molar-refractivity contribution < 1.29 is 0 Å². The minimum atomic E-state index is 1.13. The molecule has 1 heteroatoms. The van der Waals surface area contributed by atoms with Gasteiger partial charge in [0.1, 0.15) is 0 Å². The molecule has 0 unspecified atom stereocenters. The number of hydrogen-bond donors (Lipinski definition) is 0. The second-order valence-corrected chi connectivity index (χ2v) is 2.76. The number of likely N-dealkylation sites (tertiary alicyclic amines) is 1. The molecule has 0 aromatic carbocycles. The minimum Gasteiger partial charge on any atom is -0.299 e. The molecule has 1 fully saturated rings. The van der Waals surface area contributed by atoms with Gasteiger partial charge in [0.15, 0.2) is 0 Å². The number of allylic oxidation sites excluding steroid dienone is 1. The van der Waals surface area contributed by atoms with Gasteiger partial charge in [-0.15, -0.1) is 0 Å². The Hall–Kier alpha value is -0.300. The summed E-state index contributed by atoms with van der Waals surface area (Å²) in [5.74, 6) is 0. The molecule has 0 aromatic heterocycles. The van der Waals surface area contributed by atoms with Gasteiger partial charge in [-0.2, -0.15) is 0 Å². The first kappa shape index (κ1) is 7.80. The summed E-state index contributed by atoms with van der Waals surface area (Å²) < 4.78 is 0. The van der Waals surface area contributed by atoms with Gasteiger partial charge in [-0.25, -0.2) is 0 Å². The van der Waals surface area contributed by atoms with Crippen molar-refractivity contribution in [2.24, 2.45) is 0 Å². The van der Waals surface area contributed by atoms with Crippen LogP contribution in [0.3, 0.4) is 0 Å². The summed E-state index contributed by atoms with van der Waals surface area (Å²) in [6, 6.07) is 0. The van der Waals surface area contributed by atoms with E-state index in [1.54, 1.807) is 0 Å². The Kier molecular flexibility index (Phi) is 3.52. The fourth-order valence-corrected chi connectivity index (χ4v) is 1.24. The molecule has 0 bridgehead atoms. The van der Waals surface area contributed by atoms with Gasteiger partial charge in [0.25, 0.3) is 0 Å². The molecule has 0 saturated carbocycles. The molecule has 1 saturated heterocycles. The summed E-state index contributed by atoms with van der Waals surface area (Å²) in [4.78, 5) is 2.46. The summed E-state index contributed by atoms with van der Waals surface area (Å²) >= 11 is 0. The molecule has 57 valence electrons. The highest BCUT2D eigenvalue weighted by molar-refractivity contribution is 4.85. The van der Waals surface area contributed by atoms with Crippen LogP contribution >= 0.6 is 0 Å². The smallest absolute Gasteiger partial charge is 0.0163 e. The lowest BCUT2D eigenvalue weighted by atomic mass is 10.1.